The third-order valence-electron chi connectivity index (χ3n) is 6.31. The molecule has 144 valence electrons. The van der Waals surface area contributed by atoms with Crippen LogP contribution in [0.4, 0.5) is 0 Å². The molecule has 0 amide bonds. The molecule has 1 unspecified atom stereocenters. The molecule has 0 saturated carbocycles. The summed E-state index contributed by atoms with van der Waals surface area (Å²) in [6.45, 7) is 0. The summed E-state index contributed by atoms with van der Waals surface area (Å²) in [6, 6.07) is 37.5. The van der Waals surface area contributed by atoms with Crippen LogP contribution in [0, 0.1) is 0 Å². The lowest BCUT2D eigenvalue weighted by Gasteiger charge is -2.26. The number of aromatic hydroxyl groups is 1. The summed E-state index contributed by atoms with van der Waals surface area (Å²) < 4.78 is 0. The molecule has 0 fully saturated rings. The van der Waals surface area contributed by atoms with Crippen molar-refractivity contribution in [2.75, 3.05) is 0 Å². The van der Waals surface area contributed by atoms with Crippen LogP contribution in [-0.4, -0.2) is 12.7 Å². The predicted molar refractivity (Wildman–Crippen MR) is 136 cm³/mol. The highest BCUT2D eigenvalue weighted by atomic mass is 31.2. The molecule has 0 aliphatic carbocycles. The van der Waals surface area contributed by atoms with Crippen molar-refractivity contribution in [1.29, 1.82) is 0 Å². The van der Waals surface area contributed by atoms with Crippen molar-refractivity contribution in [2.45, 2.75) is 0 Å². The van der Waals surface area contributed by atoms with Gasteiger partial charge in [-0.1, -0.05) is 60.7 Å². The Morgan fingerprint density at radius 1 is 0.516 bits per heavy atom. The average Bonchev–Trinajstić information content (AvgIpc) is 2.83. The normalized spacial score (nSPS) is 13.7. The third kappa shape index (κ3) is 2.69. The number of benzene rings is 6. The smallest absolute Gasteiger partial charge is 0.383 e. The van der Waals surface area contributed by atoms with Crippen LogP contribution in [0.15, 0.2) is 109 Å². The van der Waals surface area contributed by atoms with E-state index in [1.54, 1.807) is 12.1 Å². The first kappa shape index (κ1) is 18.4. The second kappa shape index (κ2) is 6.84. The number of rotatable bonds is 3. The van der Waals surface area contributed by atoms with E-state index in [2.05, 4.69) is 66.7 Å². The van der Waals surface area contributed by atoms with Crippen LogP contribution in [0.25, 0.3) is 32.3 Å². The first-order valence-corrected chi connectivity index (χ1v) is 12.2. The van der Waals surface area contributed by atoms with E-state index in [4.69, 9.17) is 7.57 Å². The Bertz CT molecular complexity index is 1530. The van der Waals surface area contributed by atoms with E-state index < -0.39 is 7.14 Å². The standard InChI is InChI=1S/C28H19BOP/c29-31(23-7-2-1-3-8-23,24-15-13-22(30)14-16-24)26-18-12-21-10-9-19-5-4-6-20-11-17-25(26)28(21)27(19)20/h1-18,30H/q+1. The van der Waals surface area contributed by atoms with Gasteiger partial charge in [-0.3, -0.25) is 0 Å². The summed E-state index contributed by atoms with van der Waals surface area (Å²) in [5.41, 5.74) is 0. The van der Waals surface area contributed by atoms with Gasteiger partial charge in [0.2, 0.25) is 0 Å². The van der Waals surface area contributed by atoms with Gasteiger partial charge in [-0.05, 0) is 70.1 Å². The van der Waals surface area contributed by atoms with Gasteiger partial charge in [0.25, 0.3) is 0 Å². The van der Waals surface area contributed by atoms with Crippen LogP contribution in [0.3, 0.4) is 0 Å². The Kier molecular flexibility index (Phi) is 4.06. The van der Waals surface area contributed by atoms with E-state index in [9.17, 15) is 5.11 Å². The van der Waals surface area contributed by atoms with Crippen LogP contribution < -0.4 is 15.9 Å². The van der Waals surface area contributed by atoms with Crippen molar-refractivity contribution in [3.05, 3.63) is 109 Å². The van der Waals surface area contributed by atoms with Gasteiger partial charge in [-0.15, -0.1) is 0 Å². The zero-order valence-electron chi connectivity index (χ0n) is 16.9. The van der Waals surface area contributed by atoms with Crippen LogP contribution in [0.5, 0.6) is 5.75 Å². The molecular formula is C28H19BOP+. The van der Waals surface area contributed by atoms with Gasteiger partial charge in [0.05, 0.1) is 23.1 Å². The molecule has 0 saturated heterocycles. The van der Waals surface area contributed by atoms with Gasteiger partial charge < -0.3 is 5.11 Å². The Morgan fingerprint density at radius 3 is 1.81 bits per heavy atom. The SMILES string of the molecule is [B][P+](c1ccccc1)(c1ccc(O)cc1)c1ccc2ccc3cccc4ccc1c2c34. The minimum absolute atomic E-state index is 0.249. The minimum Gasteiger partial charge on any atom is -0.508 e. The van der Waals surface area contributed by atoms with Gasteiger partial charge in [0, 0.05) is 10.8 Å². The molecule has 0 bridgehead atoms. The maximum Gasteiger partial charge on any atom is 0.383 e. The van der Waals surface area contributed by atoms with E-state index >= 15 is 0 Å². The van der Waals surface area contributed by atoms with Crippen molar-refractivity contribution >= 4 is 62.9 Å². The lowest BCUT2D eigenvalue weighted by atomic mass is 9.94. The van der Waals surface area contributed by atoms with Gasteiger partial charge in [-0.2, -0.15) is 0 Å². The molecule has 31 heavy (non-hydrogen) atoms. The van der Waals surface area contributed by atoms with Crippen LogP contribution >= 0.6 is 7.14 Å². The van der Waals surface area contributed by atoms with Crippen molar-refractivity contribution in [1.82, 2.24) is 0 Å². The molecule has 0 aliphatic heterocycles. The zero-order chi connectivity index (χ0) is 21.0. The fourth-order valence-corrected chi connectivity index (χ4v) is 7.80. The number of phenolic OH excluding ortho intramolecular Hbond substituents is 1. The Labute approximate surface area is 183 Å². The molecule has 6 aromatic rings. The maximum absolute atomic E-state index is 9.89. The lowest BCUT2D eigenvalue weighted by Crippen LogP contribution is -2.31. The summed E-state index contributed by atoms with van der Waals surface area (Å²) in [6.07, 6.45) is 0. The van der Waals surface area contributed by atoms with Gasteiger partial charge in [0.15, 0.2) is 0 Å². The Balaban J connectivity index is 1.76. The monoisotopic (exact) mass is 413 g/mol. The summed E-state index contributed by atoms with van der Waals surface area (Å²) >= 11 is 0. The average molecular weight is 413 g/mol. The van der Waals surface area contributed by atoms with Crippen LogP contribution in [-0.2, 0) is 0 Å². The highest BCUT2D eigenvalue weighted by Gasteiger charge is 2.41. The van der Waals surface area contributed by atoms with Crippen LogP contribution in [0.2, 0.25) is 0 Å². The fraction of sp³-hybridized carbons (Fsp3) is 0. The highest BCUT2D eigenvalue weighted by molar-refractivity contribution is 8.13. The van der Waals surface area contributed by atoms with E-state index in [0.717, 1.165) is 15.9 Å². The van der Waals surface area contributed by atoms with Crippen LogP contribution in [0.1, 0.15) is 0 Å². The van der Waals surface area contributed by atoms with Gasteiger partial charge >= 0.3 is 7.57 Å². The first-order chi connectivity index (χ1) is 15.2. The molecule has 6 rings (SSSR count). The summed E-state index contributed by atoms with van der Waals surface area (Å²) in [7, 11) is 5.02. The number of hydrogen-bond acceptors (Lipinski definition) is 1. The molecule has 0 spiro atoms. The Morgan fingerprint density at radius 2 is 1.10 bits per heavy atom. The number of hydrogen-bond donors (Lipinski definition) is 1. The molecule has 1 N–H and O–H groups in total. The first-order valence-electron chi connectivity index (χ1n) is 10.4. The summed E-state index contributed by atoms with van der Waals surface area (Å²) in [5.74, 6) is 0.249. The predicted octanol–water partition coefficient (Wildman–Crippen LogP) is 5.67. The van der Waals surface area contributed by atoms with Gasteiger partial charge in [0.1, 0.15) is 5.75 Å². The Hall–Kier alpha value is -3.35. The second-order valence-electron chi connectivity index (χ2n) is 8.02. The third-order valence-corrected chi connectivity index (χ3v) is 9.68. The van der Waals surface area contributed by atoms with E-state index in [-0.39, 0.29) is 5.75 Å². The molecule has 2 radical (unpaired) electrons. The van der Waals surface area contributed by atoms with Gasteiger partial charge in [-0.25, -0.2) is 0 Å². The molecule has 0 heterocycles. The summed E-state index contributed by atoms with van der Waals surface area (Å²) in [5, 5.41) is 20.7. The molecule has 0 aliphatic rings. The van der Waals surface area contributed by atoms with Crippen molar-refractivity contribution in [2.24, 2.45) is 0 Å². The van der Waals surface area contributed by atoms with Crippen molar-refractivity contribution in [3.8, 4) is 5.75 Å². The maximum atomic E-state index is 9.89. The molecule has 0 aromatic heterocycles. The van der Waals surface area contributed by atoms with E-state index in [1.165, 1.54) is 32.3 Å². The molecular weight excluding hydrogens is 394 g/mol. The topological polar surface area (TPSA) is 20.2 Å². The fourth-order valence-electron chi connectivity index (χ4n) is 4.81. The minimum atomic E-state index is -2.42. The molecule has 6 aromatic carbocycles. The van der Waals surface area contributed by atoms with E-state index in [0.29, 0.717) is 0 Å². The zero-order valence-corrected chi connectivity index (χ0v) is 17.8. The molecule has 1 atom stereocenters. The second-order valence-corrected chi connectivity index (χ2v) is 11.0. The molecule has 3 heteroatoms. The largest absolute Gasteiger partial charge is 0.508 e. The van der Waals surface area contributed by atoms with Crippen molar-refractivity contribution < 1.29 is 5.11 Å². The lowest BCUT2D eigenvalue weighted by molar-refractivity contribution is 0.475. The van der Waals surface area contributed by atoms with Crippen molar-refractivity contribution in [3.63, 3.8) is 0 Å². The highest BCUT2D eigenvalue weighted by Crippen LogP contribution is 2.53. The molecule has 1 nitrogen and oxygen atoms in total. The summed E-state index contributed by atoms with van der Waals surface area (Å²) in [4.78, 5) is 0. The quantitative estimate of drug-likeness (QED) is 0.225. The van der Waals surface area contributed by atoms with E-state index in [1.807, 2.05) is 30.3 Å². The number of phenols is 1.